The zero-order chi connectivity index (χ0) is 19.5. The fourth-order valence-corrected chi connectivity index (χ4v) is 2.86. The van der Waals surface area contributed by atoms with E-state index < -0.39 is 0 Å². The summed E-state index contributed by atoms with van der Waals surface area (Å²) >= 11 is 5.39. The van der Waals surface area contributed by atoms with E-state index >= 15 is 0 Å². The first-order valence-electron chi connectivity index (χ1n) is 9.19. The number of methoxy groups -OCH3 is 1. The fourth-order valence-electron chi connectivity index (χ4n) is 2.64. The molecule has 0 aliphatic heterocycles. The summed E-state index contributed by atoms with van der Waals surface area (Å²) in [6.45, 7) is 1.98. The number of benzene rings is 2. The molecule has 5 heteroatoms. The van der Waals surface area contributed by atoms with Crippen molar-refractivity contribution in [1.29, 1.82) is 0 Å². The zero-order valence-corrected chi connectivity index (χ0v) is 17.2. The first-order valence-corrected chi connectivity index (χ1v) is 9.60. The van der Waals surface area contributed by atoms with E-state index in [4.69, 9.17) is 17.0 Å². The number of nitrogens with one attached hydrogen (secondary N) is 2. The minimum absolute atomic E-state index is 0.658. The summed E-state index contributed by atoms with van der Waals surface area (Å²) in [5.41, 5.74) is 3.12. The average Bonchev–Trinajstić information content (AvgIpc) is 2.66. The minimum atomic E-state index is 0.658. The van der Waals surface area contributed by atoms with Crippen LogP contribution in [0.2, 0.25) is 0 Å². The Bertz CT molecular complexity index is 759. The molecule has 2 aromatic rings. The Hall–Kier alpha value is -2.37. The molecule has 0 atom stereocenters. The van der Waals surface area contributed by atoms with Crippen molar-refractivity contribution in [3.05, 3.63) is 59.7 Å². The number of thiocarbonyl (C=S) groups is 1. The highest BCUT2D eigenvalue weighted by molar-refractivity contribution is 7.80. The van der Waals surface area contributed by atoms with Gasteiger partial charge in [-0.3, -0.25) is 0 Å². The normalized spacial score (nSPS) is 11.0. The molecule has 2 rings (SSSR count). The second-order valence-electron chi connectivity index (χ2n) is 6.59. The van der Waals surface area contributed by atoms with Crippen LogP contribution in [-0.2, 0) is 0 Å². The molecule has 0 aromatic heterocycles. The van der Waals surface area contributed by atoms with Gasteiger partial charge in [-0.1, -0.05) is 42.5 Å². The molecule has 0 aliphatic rings. The molecule has 27 heavy (non-hydrogen) atoms. The van der Waals surface area contributed by atoms with Crippen LogP contribution in [0, 0.1) is 0 Å². The van der Waals surface area contributed by atoms with E-state index in [2.05, 4.69) is 53.9 Å². The van der Waals surface area contributed by atoms with Crippen LogP contribution < -0.4 is 15.4 Å². The summed E-state index contributed by atoms with van der Waals surface area (Å²) in [6, 6.07) is 16.1. The number of hydrogen-bond donors (Lipinski definition) is 2. The van der Waals surface area contributed by atoms with E-state index in [1.807, 2.05) is 36.4 Å². The highest BCUT2D eigenvalue weighted by Crippen LogP contribution is 2.20. The van der Waals surface area contributed by atoms with Crippen LogP contribution in [0.25, 0.3) is 12.2 Å². The summed E-state index contributed by atoms with van der Waals surface area (Å²) in [4.78, 5) is 2.20. The summed E-state index contributed by atoms with van der Waals surface area (Å²) in [5.74, 6) is 0.864. The van der Waals surface area contributed by atoms with E-state index in [-0.39, 0.29) is 0 Å². The number of nitrogens with zero attached hydrogens (tertiary/aromatic N) is 1. The zero-order valence-electron chi connectivity index (χ0n) is 16.4. The molecular weight excluding hydrogens is 354 g/mol. The van der Waals surface area contributed by atoms with Gasteiger partial charge in [0.25, 0.3) is 0 Å². The van der Waals surface area contributed by atoms with Crippen molar-refractivity contribution < 1.29 is 4.74 Å². The second-order valence-corrected chi connectivity index (χ2v) is 7.00. The highest BCUT2D eigenvalue weighted by Gasteiger charge is 2.00. The number of anilines is 1. The number of ether oxygens (including phenoxy) is 1. The van der Waals surface area contributed by atoms with Gasteiger partial charge in [0.15, 0.2) is 5.11 Å². The molecule has 4 nitrogen and oxygen atoms in total. The number of para-hydroxylation sites is 1. The molecule has 0 spiro atoms. The number of hydrogen-bond acceptors (Lipinski definition) is 3. The molecule has 2 N–H and O–H groups in total. The third kappa shape index (κ3) is 7.81. The van der Waals surface area contributed by atoms with E-state index in [1.54, 1.807) is 7.11 Å². The largest absolute Gasteiger partial charge is 0.496 e. The lowest BCUT2D eigenvalue weighted by atomic mass is 10.1. The van der Waals surface area contributed by atoms with Crippen molar-refractivity contribution in [1.82, 2.24) is 10.2 Å². The van der Waals surface area contributed by atoms with Gasteiger partial charge < -0.3 is 20.3 Å². The number of rotatable bonds is 9. The quantitative estimate of drug-likeness (QED) is 0.379. The monoisotopic (exact) mass is 383 g/mol. The Morgan fingerprint density at radius 1 is 1.07 bits per heavy atom. The van der Waals surface area contributed by atoms with Gasteiger partial charge in [0.05, 0.1) is 7.11 Å². The van der Waals surface area contributed by atoms with E-state index in [0.717, 1.165) is 48.5 Å². The van der Waals surface area contributed by atoms with Crippen LogP contribution in [0.4, 0.5) is 5.69 Å². The molecule has 0 fully saturated rings. The maximum atomic E-state index is 5.39. The third-order valence-corrected chi connectivity index (χ3v) is 4.30. The Morgan fingerprint density at radius 3 is 2.67 bits per heavy atom. The van der Waals surface area contributed by atoms with Gasteiger partial charge in [-0.15, -0.1) is 0 Å². The maximum absolute atomic E-state index is 5.39. The van der Waals surface area contributed by atoms with Gasteiger partial charge in [0.2, 0.25) is 0 Å². The Morgan fingerprint density at radius 2 is 1.89 bits per heavy atom. The molecule has 0 heterocycles. The van der Waals surface area contributed by atoms with Gasteiger partial charge >= 0.3 is 0 Å². The first kappa shape index (κ1) is 20.9. The molecule has 2 aromatic carbocycles. The second kappa shape index (κ2) is 11.4. The molecule has 0 unspecified atom stereocenters. The van der Waals surface area contributed by atoms with Crippen molar-refractivity contribution in [3.8, 4) is 5.75 Å². The van der Waals surface area contributed by atoms with Crippen LogP contribution in [0.15, 0.2) is 48.5 Å². The molecule has 0 aliphatic carbocycles. The summed E-state index contributed by atoms with van der Waals surface area (Å²) in [5, 5.41) is 7.18. The first-order chi connectivity index (χ1) is 13.1. The average molecular weight is 384 g/mol. The van der Waals surface area contributed by atoms with E-state index in [9.17, 15) is 0 Å². The standard InChI is InChI=1S/C22H29N3OS/c1-25(2)16-7-6-15-23-22(27)24-20-11-8-9-18(17-20)13-14-19-10-4-5-12-21(19)26-3/h4-5,8-14,17H,6-7,15-16H2,1-3H3,(H2,23,24,27)/b14-13+. The van der Waals surface area contributed by atoms with Gasteiger partial charge in [-0.05, 0) is 69.5 Å². The van der Waals surface area contributed by atoms with Crippen molar-refractivity contribution in [3.63, 3.8) is 0 Å². The van der Waals surface area contributed by atoms with E-state index in [1.165, 1.54) is 0 Å². The van der Waals surface area contributed by atoms with E-state index in [0.29, 0.717) is 5.11 Å². The van der Waals surface area contributed by atoms with Gasteiger partial charge in [0.1, 0.15) is 5.75 Å². The summed E-state index contributed by atoms with van der Waals surface area (Å²) in [6.07, 6.45) is 6.38. The molecule has 0 saturated heterocycles. The van der Waals surface area contributed by atoms with Crippen LogP contribution >= 0.6 is 12.2 Å². The SMILES string of the molecule is COc1ccccc1/C=C/c1cccc(NC(=S)NCCCCN(C)C)c1. The topological polar surface area (TPSA) is 36.5 Å². The van der Waals surface area contributed by atoms with Gasteiger partial charge in [0, 0.05) is 17.8 Å². The Kier molecular flexibility index (Phi) is 8.81. The van der Waals surface area contributed by atoms with Crippen LogP contribution in [0.3, 0.4) is 0 Å². The molecule has 144 valence electrons. The predicted octanol–water partition coefficient (Wildman–Crippen LogP) is 4.49. The Labute approximate surface area is 168 Å². The van der Waals surface area contributed by atoms with Crippen molar-refractivity contribution >= 4 is 35.2 Å². The lowest BCUT2D eigenvalue weighted by molar-refractivity contribution is 0.394. The highest BCUT2D eigenvalue weighted by atomic mass is 32.1. The lowest BCUT2D eigenvalue weighted by Gasteiger charge is -2.12. The van der Waals surface area contributed by atoms with Gasteiger partial charge in [-0.2, -0.15) is 0 Å². The van der Waals surface area contributed by atoms with Crippen LogP contribution in [-0.4, -0.2) is 44.3 Å². The van der Waals surface area contributed by atoms with Gasteiger partial charge in [-0.25, -0.2) is 0 Å². The molecule has 0 amide bonds. The predicted molar refractivity (Wildman–Crippen MR) is 120 cm³/mol. The van der Waals surface area contributed by atoms with Crippen molar-refractivity contribution in [2.75, 3.05) is 39.6 Å². The summed E-state index contributed by atoms with van der Waals surface area (Å²) < 4.78 is 5.39. The van der Waals surface area contributed by atoms with Crippen molar-refractivity contribution in [2.45, 2.75) is 12.8 Å². The molecule has 0 radical (unpaired) electrons. The van der Waals surface area contributed by atoms with Crippen molar-refractivity contribution in [2.24, 2.45) is 0 Å². The third-order valence-electron chi connectivity index (χ3n) is 4.06. The molecular formula is C22H29N3OS. The molecule has 0 saturated carbocycles. The smallest absolute Gasteiger partial charge is 0.170 e. The maximum Gasteiger partial charge on any atom is 0.170 e. The van der Waals surface area contributed by atoms with Crippen LogP contribution in [0.1, 0.15) is 24.0 Å². The Balaban J connectivity index is 1.87. The molecule has 0 bridgehead atoms. The number of unbranched alkanes of at least 4 members (excludes halogenated alkanes) is 1. The van der Waals surface area contributed by atoms with Crippen LogP contribution in [0.5, 0.6) is 5.75 Å². The summed E-state index contributed by atoms with van der Waals surface area (Å²) in [7, 11) is 5.87. The fraction of sp³-hybridized carbons (Fsp3) is 0.318. The lowest BCUT2D eigenvalue weighted by Crippen LogP contribution is -2.29. The minimum Gasteiger partial charge on any atom is -0.496 e.